The van der Waals surface area contributed by atoms with E-state index in [0.29, 0.717) is 51.0 Å². The average Bonchev–Trinajstić information content (AvgIpc) is 3.85. The van der Waals surface area contributed by atoms with Crippen LogP contribution in [0.25, 0.3) is 10.9 Å². The summed E-state index contributed by atoms with van der Waals surface area (Å²) in [6.07, 6.45) is 7.61. The Bertz CT molecular complexity index is 2170. The first-order chi connectivity index (χ1) is 26.7. The number of fused-ring (bicyclic) bond motifs is 6. The van der Waals surface area contributed by atoms with Crippen LogP contribution in [0.4, 0.5) is 5.69 Å². The largest absolute Gasteiger partial charge is 0.467 e. The Morgan fingerprint density at radius 2 is 1.84 bits per heavy atom. The molecule has 2 saturated heterocycles. The van der Waals surface area contributed by atoms with E-state index in [1.807, 2.05) is 6.92 Å². The maximum Gasteiger partial charge on any atom is 0.344 e. The van der Waals surface area contributed by atoms with Crippen molar-refractivity contribution < 1.29 is 34.1 Å². The zero-order valence-corrected chi connectivity index (χ0v) is 33.6. The van der Waals surface area contributed by atoms with Crippen molar-refractivity contribution in [2.45, 2.75) is 113 Å². The summed E-state index contributed by atoms with van der Waals surface area (Å²) in [5.74, 6) is -1.33. The number of amides is 1. The number of anilines is 1. The van der Waals surface area contributed by atoms with Gasteiger partial charge in [0.25, 0.3) is 0 Å². The van der Waals surface area contributed by atoms with Gasteiger partial charge >= 0.3 is 11.9 Å². The molecule has 3 aromatic rings. The van der Waals surface area contributed by atoms with Gasteiger partial charge < -0.3 is 29.6 Å². The molecule has 10 atom stereocenters. The van der Waals surface area contributed by atoms with Crippen molar-refractivity contribution in [1.29, 1.82) is 0 Å². The summed E-state index contributed by atoms with van der Waals surface area (Å²) in [4.78, 5) is 51.1. The number of nitrogens with one attached hydrogen (secondary N) is 1. The van der Waals surface area contributed by atoms with Crippen molar-refractivity contribution in [2.24, 2.45) is 11.3 Å². The number of aryl methyl sites for hydroxylation is 1. The summed E-state index contributed by atoms with van der Waals surface area (Å²) in [5.41, 5.74) is 1.69. The van der Waals surface area contributed by atoms with Crippen LogP contribution < -0.4 is 4.90 Å². The van der Waals surface area contributed by atoms with Crippen molar-refractivity contribution in [2.75, 3.05) is 44.7 Å². The molecule has 9 rings (SSSR count). The number of aliphatic hydroxyl groups is 2. The van der Waals surface area contributed by atoms with Crippen molar-refractivity contribution in [3.63, 3.8) is 0 Å². The molecular formula is C45H56N4O7. The monoisotopic (exact) mass is 764 g/mol. The number of aromatic nitrogens is 1. The first kappa shape index (κ1) is 37.5. The van der Waals surface area contributed by atoms with Gasteiger partial charge in [-0.3, -0.25) is 19.4 Å². The lowest BCUT2D eigenvalue weighted by atomic mass is 9.47. The zero-order valence-electron chi connectivity index (χ0n) is 33.6. The van der Waals surface area contributed by atoms with Gasteiger partial charge in [0.1, 0.15) is 0 Å². The number of para-hydroxylation sites is 1. The molecule has 3 N–H and O–H groups in total. The van der Waals surface area contributed by atoms with Gasteiger partial charge in [0, 0.05) is 77.7 Å². The number of hydrogen-bond donors (Lipinski definition) is 3. The van der Waals surface area contributed by atoms with E-state index in [0.717, 1.165) is 54.5 Å². The lowest BCUT2D eigenvalue weighted by Crippen LogP contribution is -2.81. The lowest BCUT2D eigenvalue weighted by molar-refractivity contribution is -0.228. The minimum atomic E-state index is -2.39. The third kappa shape index (κ3) is 4.80. The first-order valence-corrected chi connectivity index (χ1v) is 20.6. The molecule has 11 heteroatoms. The quantitative estimate of drug-likeness (QED) is 0.186. The number of benzene rings is 2. The number of H-pyrrole nitrogens is 1. The number of ether oxygens (including phenoxy) is 2. The maximum atomic E-state index is 14.3. The minimum absolute atomic E-state index is 0.211. The number of piperidine rings is 1. The van der Waals surface area contributed by atoms with E-state index < -0.39 is 51.5 Å². The molecule has 1 spiro atoms. The van der Waals surface area contributed by atoms with Gasteiger partial charge in [-0.05, 0) is 99.2 Å². The number of nitrogens with zero attached hydrogens (tertiary/aromatic N) is 3. The van der Waals surface area contributed by atoms with Crippen LogP contribution in [0, 0.1) is 18.3 Å². The predicted molar refractivity (Wildman–Crippen MR) is 212 cm³/mol. The fourth-order valence-corrected chi connectivity index (χ4v) is 13.4. The van der Waals surface area contributed by atoms with Crippen molar-refractivity contribution >= 4 is 34.9 Å². The van der Waals surface area contributed by atoms with Gasteiger partial charge in [-0.15, -0.1) is 0 Å². The first-order valence-electron chi connectivity index (χ1n) is 20.6. The molecule has 11 nitrogen and oxygen atoms in total. The van der Waals surface area contributed by atoms with Crippen LogP contribution in [0.5, 0.6) is 0 Å². The highest BCUT2D eigenvalue weighted by atomic mass is 16.6. The zero-order chi connectivity index (χ0) is 39.6. The lowest BCUT2D eigenvalue weighted by Gasteiger charge is -2.63. The molecular weight excluding hydrogens is 709 g/mol. The smallest absolute Gasteiger partial charge is 0.344 e. The molecule has 2 bridgehead atoms. The normalized spacial score (nSPS) is 38.4. The third-order valence-corrected chi connectivity index (χ3v) is 15.4. The number of rotatable bonds is 6. The summed E-state index contributed by atoms with van der Waals surface area (Å²) < 4.78 is 11.5. The van der Waals surface area contributed by atoms with Crippen LogP contribution in [-0.2, 0) is 41.1 Å². The van der Waals surface area contributed by atoms with Gasteiger partial charge in [0.05, 0.1) is 18.8 Å². The summed E-state index contributed by atoms with van der Waals surface area (Å²) in [5, 5.41) is 26.3. The Balaban J connectivity index is 1.32. The van der Waals surface area contributed by atoms with E-state index >= 15 is 0 Å². The molecule has 56 heavy (non-hydrogen) atoms. The Kier molecular flexibility index (Phi) is 8.54. The predicted octanol–water partition coefficient (Wildman–Crippen LogP) is 4.66. The molecule has 2 aromatic carbocycles. The standard InChI is InChI=1S/C45H56N4O7/c1-7-42(53)23-29-22-41(5,36-31(14-18-47(24-29)25-42)30-12-9-10-13-34(30)46-36)32-21-33-35(20-27(32)3)49(26-50)38-44(33)16-19-48-17-11-15-43(8-2,37(44)48)39(56-28(4)51)45(38,54)40(52)55-6/h9-13,15,20-21,26,29,37-39,46,53-54H,7-8,14,16-19,22-25H2,1-6H3/t29-,37?,38?,39-,41-,42+,43-,44-,45+/m1/s1. The molecule has 1 aromatic heterocycles. The summed E-state index contributed by atoms with van der Waals surface area (Å²) in [6.45, 7) is 13.6. The highest BCUT2D eigenvalue weighted by Gasteiger charge is 2.80. The Labute approximate surface area is 329 Å². The van der Waals surface area contributed by atoms with E-state index in [1.165, 1.54) is 30.7 Å². The topological polar surface area (TPSA) is 136 Å². The number of carbonyl (C=O) groups excluding carboxylic acids is 3. The van der Waals surface area contributed by atoms with Crippen molar-refractivity contribution in [1.82, 2.24) is 14.8 Å². The summed E-state index contributed by atoms with van der Waals surface area (Å²) >= 11 is 0. The molecule has 0 radical (unpaired) electrons. The molecule has 1 amide bonds. The van der Waals surface area contributed by atoms with Crippen LogP contribution in [0.1, 0.15) is 87.7 Å². The fraction of sp³-hybridized carbons (Fsp3) is 0.578. The fourth-order valence-electron chi connectivity index (χ4n) is 13.4. The molecule has 1 aliphatic carbocycles. The molecule has 6 heterocycles. The van der Waals surface area contributed by atoms with Gasteiger partial charge in [-0.25, -0.2) is 4.79 Å². The molecule has 3 unspecified atom stereocenters. The van der Waals surface area contributed by atoms with E-state index in [4.69, 9.17) is 9.47 Å². The second-order valence-corrected chi connectivity index (χ2v) is 18.2. The minimum Gasteiger partial charge on any atom is -0.467 e. The van der Waals surface area contributed by atoms with Crippen molar-refractivity contribution in [3.05, 3.63) is 76.5 Å². The number of aromatic amines is 1. The maximum absolute atomic E-state index is 14.3. The molecule has 298 valence electrons. The third-order valence-electron chi connectivity index (χ3n) is 15.4. The van der Waals surface area contributed by atoms with E-state index in [1.54, 1.807) is 4.90 Å². The van der Waals surface area contributed by atoms with Gasteiger partial charge in [0.15, 0.2) is 6.10 Å². The van der Waals surface area contributed by atoms with Crippen LogP contribution >= 0.6 is 0 Å². The van der Waals surface area contributed by atoms with Crippen LogP contribution in [0.2, 0.25) is 0 Å². The molecule has 3 fully saturated rings. The highest BCUT2D eigenvalue weighted by molar-refractivity contribution is 5.93. The van der Waals surface area contributed by atoms with Gasteiger partial charge in [-0.2, -0.15) is 0 Å². The molecule has 5 aliphatic heterocycles. The number of hydrogen-bond acceptors (Lipinski definition) is 9. The van der Waals surface area contributed by atoms with E-state index in [2.05, 4.69) is 84.1 Å². The molecule has 6 aliphatic rings. The second kappa shape index (κ2) is 12.7. The van der Waals surface area contributed by atoms with Crippen LogP contribution in [-0.4, -0.2) is 113 Å². The highest BCUT2D eigenvalue weighted by Crippen LogP contribution is 2.68. The van der Waals surface area contributed by atoms with E-state index in [-0.39, 0.29) is 12.0 Å². The van der Waals surface area contributed by atoms with Crippen LogP contribution in [0.3, 0.4) is 0 Å². The Morgan fingerprint density at radius 3 is 2.55 bits per heavy atom. The number of methoxy groups -OCH3 is 1. The summed E-state index contributed by atoms with van der Waals surface area (Å²) in [6, 6.07) is 11.5. The van der Waals surface area contributed by atoms with Crippen LogP contribution in [0.15, 0.2) is 48.6 Å². The van der Waals surface area contributed by atoms with E-state index in [9.17, 15) is 24.6 Å². The molecule has 1 saturated carbocycles. The summed E-state index contributed by atoms with van der Waals surface area (Å²) in [7, 11) is 1.23. The van der Waals surface area contributed by atoms with Crippen molar-refractivity contribution in [3.8, 4) is 0 Å². The van der Waals surface area contributed by atoms with Gasteiger partial charge in [-0.1, -0.05) is 50.3 Å². The number of esters is 2. The Hall–Kier alpha value is -4.03. The number of carbonyl (C=O) groups is 3. The van der Waals surface area contributed by atoms with Gasteiger partial charge in [0.2, 0.25) is 12.0 Å². The second-order valence-electron chi connectivity index (χ2n) is 18.2. The Morgan fingerprint density at radius 1 is 1.05 bits per heavy atom. The SMILES string of the molecule is CC[C@]1(O)C[C@@H]2CN(CCc3c([nH]c4ccccc34)[C@@](C)(c3cc4c(cc3C)N(C=O)C3[C@]45CCN4CC=C[C@](CC)(C45)[C@@H](OC(C)=O)[C@]3(O)C(=O)OC)C2)C1. The average molecular weight is 765 g/mol.